The molecule has 2 amide bonds. The summed E-state index contributed by atoms with van der Waals surface area (Å²) in [5, 5.41) is 5.91. The van der Waals surface area contributed by atoms with Crippen LogP contribution in [0.5, 0.6) is 0 Å². The number of carbonyl (C=O) groups excluding carboxylic acids is 2. The fourth-order valence-electron chi connectivity index (χ4n) is 3.25. The van der Waals surface area contributed by atoms with Crippen LogP contribution in [-0.2, 0) is 14.3 Å². The van der Waals surface area contributed by atoms with Gasteiger partial charge in [0.05, 0.1) is 25.0 Å². The smallest absolute Gasteiger partial charge is 0.228 e. The largest absolute Gasteiger partial charge is 0.379 e. The van der Waals surface area contributed by atoms with E-state index in [-0.39, 0.29) is 23.7 Å². The summed E-state index contributed by atoms with van der Waals surface area (Å²) in [6, 6.07) is 5.94. The van der Waals surface area contributed by atoms with E-state index in [2.05, 4.69) is 15.5 Å². The normalized spacial score (nSPS) is 23.1. The molecule has 3 rings (SSSR count). The van der Waals surface area contributed by atoms with Gasteiger partial charge < -0.3 is 15.4 Å². The number of hydrogen-bond donors (Lipinski definition) is 2. The van der Waals surface area contributed by atoms with Crippen LogP contribution in [-0.4, -0.2) is 56.1 Å². The fraction of sp³-hybridized carbons (Fsp3) is 0.579. The molecule has 2 aliphatic rings. The Balaban J connectivity index is 1.40. The molecule has 1 heterocycles. The van der Waals surface area contributed by atoms with E-state index in [1.54, 1.807) is 0 Å². The van der Waals surface area contributed by atoms with Crippen LogP contribution in [0.1, 0.15) is 17.5 Å². The topological polar surface area (TPSA) is 70.7 Å². The molecule has 2 N–H and O–H groups in total. The molecule has 0 bridgehead atoms. The lowest BCUT2D eigenvalue weighted by Gasteiger charge is -2.26. The van der Waals surface area contributed by atoms with Crippen molar-refractivity contribution in [3.63, 3.8) is 0 Å². The molecule has 1 aliphatic heterocycles. The molecule has 0 radical (unpaired) electrons. The number of hydrogen-bond acceptors (Lipinski definition) is 4. The molecule has 1 aliphatic carbocycles. The van der Waals surface area contributed by atoms with Gasteiger partial charge in [0.1, 0.15) is 0 Å². The maximum atomic E-state index is 12.3. The van der Waals surface area contributed by atoms with Gasteiger partial charge >= 0.3 is 0 Å². The van der Waals surface area contributed by atoms with Gasteiger partial charge in [-0.25, -0.2) is 0 Å². The number of nitrogens with zero attached hydrogens (tertiary/aromatic N) is 1. The Bertz CT molecular complexity index is 641. The van der Waals surface area contributed by atoms with Crippen molar-refractivity contribution in [3.8, 4) is 0 Å². The molecule has 2 unspecified atom stereocenters. The minimum atomic E-state index is -0.205. The summed E-state index contributed by atoms with van der Waals surface area (Å²) in [6.07, 6.45) is 0.639. The number of carbonyl (C=O) groups is 2. The standard InChI is InChI=1S/C19H27N3O3/c1-13-3-4-17(14(2)11-13)21-19(24)16-12-15(16)18(23)20-5-6-22-7-9-25-10-8-22/h3-4,11,15-16H,5-10,12H2,1-2H3,(H,20,23)(H,21,24). The predicted molar refractivity (Wildman–Crippen MR) is 96.4 cm³/mol. The summed E-state index contributed by atoms with van der Waals surface area (Å²) in [5.74, 6) is -0.450. The van der Waals surface area contributed by atoms with Gasteiger partial charge in [-0.15, -0.1) is 0 Å². The molecule has 6 heteroatoms. The second-order valence-corrected chi connectivity index (χ2v) is 7.00. The van der Waals surface area contributed by atoms with Crippen LogP contribution in [0.25, 0.3) is 0 Å². The highest BCUT2D eigenvalue weighted by atomic mass is 16.5. The van der Waals surface area contributed by atoms with Crippen LogP contribution >= 0.6 is 0 Å². The first kappa shape index (κ1) is 17.9. The zero-order valence-corrected chi connectivity index (χ0v) is 15.0. The second-order valence-electron chi connectivity index (χ2n) is 7.00. The molecule has 2 atom stereocenters. The first-order chi connectivity index (χ1) is 12.0. The summed E-state index contributed by atoms with van der Waals surface area (Å²) in [6.45, 7) is 8.82. The maximum absolute atomic E-state index is 12.3. The fourth-order valence-corrected chi connectivity index (χ4v) is 3.25. The van der Waals surface area contributed by atoms with Crippen molar-refractivity contribution >= 4 is 17.5 Å². The Morgan fingerprint density at radius 1 is 1.16 bits per heavy atom. The number of amides is 2. The van der Waals surface area contributed by atoms with Crippen LogP contribution in [0.4, 0.5) is 5.69 Å². The Kier molecular flexibility index (Phi) is 5.71. The van der Waals surface area contributed by atoms with E-state index in [1.165, 1.54) is 5.56 Å². The van der Waals surface area contributed by atoms with E-state index in [1.807, 2.05) is 32.0 Å². The van der Waals surface area contributed by atoms with Gasteiger partial charge in [0, 0.05) is 31.9 Å². The molecular weight excluding hydrogens is 318 g/mol. The first-order valence-electron chi connectivity index (χ1n) is 9.00. The number of nitrogens with one attached hydrogen (secondary N) is 2. The molecule has 1 saturated heterocycles. The van der Waals surface area contributed by atoms with E-state index in [0.717, 1.165) is 44.1 Å². The number of morpholine rings is 1. The summed E-state index contributed by atoms with van der Waals surface area (Å²) < 4.78 is 5.31. The van der Waals surface area contributed by atoms with Gasteiger partial charge in [0.25, 0.3) is 0 Å². The molecule has 25 heavy (non-hydrogen) atoms. The molecule has 6 nitrogen and oxygen atoms in total. The van der Waals surface area contributed by atoms with Crippen molar-refractivity contribution < 1.29 is 14.3 Å². The molecule has 1 aromatic rings. The van der Waals surface area contributed by atoms with Gasteiger partial charge in [0.15, 0.2) is 0 Å². The van der Waals surface area contributed by atoms with Crippen molar-refractivity contribution in [2.45, 2.75) is 20.3 Å². The lowest BCUT2D eigenvalue weighted by atomic mass is 10.1. The summed E-state index contributed by atoms with van der Waals surface area (Å²) in [4.78, 5) is 26.8. The number of ether oxygens (including phenoxy) is 1. The Morgan fingerprint density at radius 3 is 2.60 bits per heavy atom. The number of anilines is 1. The van der Waals surface area contributed by atoms with E-state index < -0.39 is 0 Å². The zero-order valence-electron chi connectivity index (χ0n) is 15.0. The van der Waals surface area contributed by atoms with Crippen LogP contribution < -0.4 is 10.6 Å². The van der Waals surface area contributed by atoms with Crippen molar-refractivity contribution in [2.24, 2.45) is 11.8 Å². The van der Waals surface area contributed by atoms with Crippen molar-refractivity contribution in [1.82, 2.24) is 10.2 Å². The summed E-state index contributed by atoms with van der Waals surface area (Å²) >= 11 is 0. The molecule has 136 valence electrons. The van der Waals surface area contributed by atoms with Gasteiger partial charge in [-0.05, 0) is 31.9 Å². The highest BCUT2D eigenvalue weighted by molar-refractivity contribution is 5.99. The van der Waals surface area contributed by atoms with Crippen LogP contribution in [0, 0.1) is 25.7 Å². The maximum Gasteiger partial charge on any atom is 0.228 e. The summed E-state index contributed by atoms with van der Waals surface area (Å²) in [7, 11) is 0. The monoisotopic (exact) mass is 345 g/mol. The van der Waals surface area contributed by atoms with E-state index in [9.17, 15) is 9.59 Å². The van der Waals surface area contributed by atoms with E-state index in [0.29, 0.717) is 13.0 Å². The lowest BCUT2D eigenvalue weighted by Crippen LogP contribution is -2.41. The van der Waals surface area contributed by atoms with E-state index >= 15 is 0 Å². The molecule has 0 spiro atoms. The van der Waals surface area contributed by atoms with Crippen molar-refractivity contribution in [2.75, 3.05) is 44.7 Å². The average molecular weight is 345 g/mol. The van der Waals surface area contributed by atoms with Crippen molar-refractivity contribution in [1.29, 1.82) is 0 Å². The summed E-state index contributed by atoms with van der Waals surface area (Å²) in [5.41, 5.74) is 3.04. The highest BCUT2D eigenvalue weighted by Crippen LogP contribution is 2.39. The van der Waals surface area contributed by atoms with Gasteiger partial charge in [-0.2, -0.15) is 0 Å². The van der Waals surface area contributed by atoms with Gasteiger partial charge in [-0.3, -0.25) is 14.5 Å². The predicted octanol–water partition coefficient (Wildman–Crippen LogP) is 1.33. The third kappa shape index (κ3) is 4.80. The quantitative estimate of drug-likeness (QED) is 0.816. The first-order valence-corrected chi connectivity index (χ1v) is 9.00. The average Bonchev–Trinajstić information content (AvgIpc) is 3.39. The molecule has 0 aromatic heterocycles. The van der Waals surface area contributed by atoms with Crippen molar-refractivity contribution in [3.05, 3.63) is 29.3 Å². The Labute approximate surface area is 148 Å². The minimum Gasteiger partial charge on any atom is -0.379 e. The van der Waals surface area contributed by atoms with Crippen LogP contribution in [0.3, 0.4) is 0 Å². The van der Waals surface area contributed by atoms with E-state index in [4.69, 9.17) is 4.74 Å². The Hall–Kier alpha value is -1.92. The number of benzene rings is 1. The molecule has 1 saturated carbocycles. The second kappa shape index (κ2) is 7.97. The van der Waals surface area contributed by atoms with Crippen LogP contribution in [0.15, 0.2) is 18.2 Å². The minimum absolute atomic E-state index is 0.00552. The van der Waals surface area contributed by atoms with Gasteiger partial charge in [-0.1, -0.05) is 17.7 Å². The molecule has 1 aromatic carbocycles. The SMILES string of the molecule is Cc1ccc(NC(=O)C2CC2C(=O)NCCN2CCOCC2)c(C)c1. The number of rotatable bonds is 6. The third-order valence-corrected chi connectivity index (χ3v) is 4.93. The third-order valence-electron chi connectivity index (χ3n) is 4.93. The lowest BCUT2D eigenvalue weighted by molar-refractivity contribution is -0.125. The zero-order chi connectivity index (χ0) is 17.8. The Morgan fingerprint density at radius 2 is 1.88 bits per heavy atom. The van der Waals surface area contributed by atoms with Gasteiger partial charge in [0.2, 0.25) is 11.8 Å². The number of aryl methyl sites for hydroxylation is 2. The molecule has 2 fully saturated rings. The van der Waals surface area contributed by atoms with Crippen LogP contribution in [0.2, 0.25) is 0 Å². The highest BCUT2D eigenvalue weighted by Gasteiger charge is 2.47. The molecular formula is C19H27N3O3.